The third kappa shape index (κ3) is 3.14. The lowest BCUT2D eigenvalue weighted by atomic mass is 9.60. The fraction of sp³-hybridized carbons (Fsp3) is 0.905. The minimum Gasteiger partial charge on any atom is -0.393 e. The van der Waals surface area contributed by atoms with Crippen LogP contribution in [0.1, 0.15) is 64.7 Å². The Kier molecular flexibility index (Phi) is 5.55. The molecule has 0 spiro atoms. The van der Waals surface area contributed by atoms with E-state index in [0.29, 0.717) is 44.9 Å². The van der Waals surface area contributed by atoms with E-state index >= 15 is 4.39 Å². The summed E-state index contributed by atoms with van der Waals surface area (Å²) >= 11 is 0. The summed E-state index contributed by atoms with van der Waals surface area (Å²) < 4.78 is 30.0. The number of allylic oxidation sites excluding steroid dienone is 1. The second kappa shape index (κ2) is 7.14. The average Bonchev–Trinajstić information content (AvgIpc) is 2.81. The summed E-state index contributed by atoms with van der Waals surface area (Å²) in [5, 5.41) is 24.2. The van der Waals surface area contributed by atoms with Gasteiger partial charge in [-0.15, -0.1) is 0 Å². The lowest BCUT2D eigenvalue weighted by Gasteiger charge is -2.48. The molecule has 0 aromatic carbocycles. The number of aliphatic hydroxyl groups is 2. The van der Waals surface area contributed by atoms with Crippen LogP contribution in [0.2, 0.25) is 0 Å². The molecule has 6 unspecified atom stereocenters. The van der Waals surface area contributed by atoms with Gasteiger partial charge in [0.25, 0.3) is 0 Å². The van der Waals surface area contributed by atoms with E-state index < -0.39 is 29.0 Å². The van der Waals surface area contributed by atoms with Crippen molar-refractivity contribution in [2.75, 3.05) is 14.1 Å². The van der Waals surface area contributed by atoms with Crippen LogP contribution in [0, 0.1) is 17.3 Å². The Morgan fingerprint density at radius 1 is 1.15 bits per heavy atom. The minimum atomic E-state index is -1.41. The Labute approximate surface area is 156 Å². The van der Waals surface area contributed by atoms with Crippen LogP contribution in [0.25, 0.3) is 0 Å². The molecule has 4 aliphatic carbocycles. The average molecular weight is 372 g/mol. The maximum Gasteiger partial charge on any atom is 0.120 e. The van der Waals surface area contributed by atoms with Crippen molar-refractivity contribution in [2.24, 2.45) is 17.3 Å². The van der Waals surface area contributed by atoms with E-state index in [1.165, 1.54) is 0 Å². The molecule has 26 heavy (non-hydrogen) atoms. The molecule has 0 aromatic heterocycles. The summed E-state index contributed by atoms with van der Waals surface area (Å²) in [6.45, 7) is 1.95. The third-order valence-electron chi connectivity index (χ3n) is 7.65. The maximum atomic E-state index is 15.6. The van der Waals surface area contributed by atoms with E-state index in [0.717, 1.165) is 5.57 Å². The zero-order chi connectivity index (χ0) is 19.2. The molecule has 3 fully saturated rings. The molecule has 0 heterocycles. The van der Waals surface area contributed by atoms with Gasteiger partial charge >= 0.3 is 0 Å². The van der Waals surface area contributed by atoms with Gasteiger partial charge in [0.1, 0.15) is 11.8 Å². The first kappa shape index (κ1) is 20.2. The topological polar surface area (TPSA) is 52.5 Å². The molecule has 5 heteroatoms. The molecule has 3 saturated carbocycles. The number of alkyl halides is 2. The van der Waals surface area contributed by atoms with Crippen molar-refractivity contribution in [2.45, 2.75) is 88.3 Å². The zero-order valence-electron chi connectivity index (χ0n) is 16.4. The van der Waals surface area contributed by atoms with E-state index in [-0.39, 0.29) is 24.7 Å². The standard InChI is InChI=1S/C19H28F2O2.C2H7N/c1-17-8-6-13-10-18(21)11-14(22)3-2-12(18)7-9-19(13,23)15(17)4-5-16(17)20;1-3-2/h6,12,14-16,22-23H,2-5,7-11H2,1H3;3H,1-2H3/t12?,14?,15?,16?,17?,18?,19-;/m1./s1. The summed E-state index contributed by atoms with van der Waals surface area (Å²) in [7, 11) is 3.75. The van der Waals surface area contributed by atoms with Crippen LogP contribution in [0.15, 0.2) is 11.6 Å². The van der Waals surface area contributed by atoms with Crippen molar-refractivity contribution in [3.8, 4) is 0 Å². The van der Waals surface area contributed by atoms with Crippen LogP contribution in [0.5, 0.6) is 0 Å². The van der Waals surface area contributed by atoms with Gasteiger partial charge in [0.05, 0.1) is 11.7 Å². The fourth-order valence-electron chi connectivity index (χ4n) is 6.19. The van der Waals surface area contributed by atoms with Crippen molar-refractivity contribution in [3.63, 3.8) is 0 Å². The van der Waals surface area contributed by atoms with Crippen molar-refractivity contribution >= 4 is 0 Å². The molecule has 3 N–H and O–H groups in total. The maximum absolute atomic E-state index is 15.6. The van der Waals surface area contributed by atoms with Crippen LogP contribution in [-0.2, 0) is 0 Å². The number of hydrogen-bond donors (Lipinski definition) is 3. The third-order valence-corrected chi connectivity index (χ3v) is 7.65. The monoisotopic (exact) mass is 371 g/mol. The summed E-state index contributed by atoms with van der Waals surface area (Å²) in [4.78, 5) is 0. The number of rotatable bonds is 0. The van der Waals surface area contributed by atoms with Crippen molar-refractivity contribution in [1.82, 2.24) is 5.32 Å². The van der Waals surface area contributed by atoms with Crippen LogP contribution < -0.4 is 5.32 Å². The highest BCUT2D eigenvalue weighted by Crippen LogP contribution is 2.61. The van der Waals surface area contributed by atoms with Gasteiger partial charge in [-0.25, -0.2) is 8.78 Å². The first-order valence-electron chi connectivity index (χ1n) is 10.2. The second-order valence-electron chi connectivity index (χ2n) is 9.34. The van der Waals surface area contributed by atoms with E-state index in [1.54, 1.807) is 0 Å². The molecule has 0 amide bonds. The molecular weight excluding hydrogens is 336 g/mol. The van der Waals surface area contributed by atoms with Crippen LogP contribution in [0.3, 0.4) is 0 Å². The molecule has 150 valence electrons. The molecule has 0 saturated heterocycles. The van der Waals surface area contributed by atoms with Gasteiger partial charge in [-0.2, -0.15) is 0 Å². The van der Waals surface area contributed by atoms with Crippen molar-refractivity contribution in [3.05, 3.63) is 11.6 Å². The molecule has 4 aliphatic rings. The number of halogens is 2. The smallest absolute Gasteiger partial charge is 0.120 e. The summed E-state index contributed by atoms with van der Waals surface area (Å²) in [5.41, 5.74) is -2.17. The van der Waals surface area contributed by atoms with E-state index in [1.807, 2.05) is 27.1 Å². The Balaban J connectivity index is 0.000000613. The highest BCUT2D eigenvalue weighted by atomic mass is 19.1. The molecule has 3 nitrogen and oxygen atoms in total. The number of nitrogens with one attached hydrogen (secondary N) is 1. The van der Waals surface area contributed by atoms with Gasteiger partial charge in [0, 0.05) is 24.2 Å². The summed E-state index contributed by atoms with van der Waals surface area (Å²) in [6, 6.07) is 0. The summed E-state index contributed by atoms with van der Waals surface area (Å²) in [6.07, 6.45) is 5.20. The fourth-order valence-corrected chi connectivity index (χ4v) is 6.19. The molecule has 7 atom stereocenters. The predicted octanol–water partition coefficient (Wildman–Crippen LogP) is 3.69. The SMILES string of the molecule is CC12CC=C3CC4(F)CC(O)CCC4CC[C@]3(O)C1CCC2F.CNC. The van der Waals surface area contributed by atoms with Gasteiger partial charge in [0.2, 0.25) is 0 Å². The molecule has 0 aromatic rings. The normalized spacial score (nSPS) is 50.3. The van der Waals surface area contributed by atoms with E-state index in [2.05, 4.69) is 5.32 Å². The number of aliphatic hydroxyl groups excluding tert-OH is 1. The number of hydrogen-bond acceptors (Lipinski definition) is 3. The molecular formula is C21H35F2NO2. The van der Waals surface area contributed by atoms with Crippen molar-refractivity contribution < 1.29 is 19.0 Å². The van der Waals surface area contributed by atoms with Crippen LogP contribution in [-0.4, -0.2) is 47.9 Å². The Hall–Kier alpha value is -0.520. The summed E-state index contributed by atoms with van der Waals surface area (Å²) in [5.74, 6) is -0.186. The first-order chi connectivity index (χ1) is 12.2. The van der Waals surface area contributed by atoms with Gasteiger partial charge in [-0.05, 0) is 70.5 Å². The molecule has 0 radical (unpaired) electrons. The van der Waals surface area contributed by atoms with Crippen LogP contribution in [0.4, 0.5) is 8.78 Å². The Morgan fingerprint density at radius 3 is 2.54 bits per heavy atom. The van der Waals surface area contributed by atoms with Crippen molar-refractivity contribution in [1.29, 1.82) is 0 Å². The predicted molar refractivity (Wildman–Crippen MR) is 99.4 cm³/mol. The van der Waals surface area contributed by atoms with E-state index in [9.17, 15) is 14.6 Å². The highest BCUT2D eigenvalue weighted by molar-refractivity contribution is 5.31. The largest absolute Gasteiger partial charge is 0.393 e. The zero-order valence-corrected chi connectivity index (χ0v) is 16.4. The lowest BCUT2D eigenvalue weighted by Crippen LogP contribution is -2.50. The van der Waals surface area contributed by atoms with Crippen LogP contribution >= 0.6 is 0 Å². The minimum absolute atomic E-state index is 0.0877. The molecule has 0 bridgehead atoms. The lowest BCUT2D eigenvalue weighted by molar-refractivity contribution is -0.0610. The quantitative estimate of drug-likeness (QED) is 0.569. The number of fused-ring (bicyclic) bond motifs is 4. The van der Waals surface area contributed by atoms with Gasteiger partial charge in [-0.3, -0.25) is 0 Å². The van der Waals surface area contributed by atoms with E-state index in [4.69, 9.17) is 0 Å². The Morgan fingerprint density at radius 2 is 1.85 bits per heavy atom. The Bertz CT molecular complexity index is 556. The van der Waals surface area contributed by atoms with Gasteiger partial charge < -0.3 is 15.5 Å². The second-order valence-corrected chi connectivity index (χ2v) is 9.34. The van der Waals surface area contributed by atoms with Gasteiger partial charge in [-0.1, -0.05) is 13.0 Å². The van der Waals surface area contributed by atoms with Gasteiger partial charge in [0.15, 0.2) is 0 Å². The first-order valence-corrected chi connectivity index (χ1v) is 10.2. The highest BCUT2D eigenvalue weighted by Gasteiger charge is 2.61. The molecule has 4 rings (SSSR count). The molecule has 0 aliphatic heterocycles.